The van der Waals surface area contributed by atoms with E-state index in [0.29, 0.717) is 17.1 Å². The van der Waals surface area contributed by atoms with Gasteiger partial charge in [-0.25, -0.2) is 0 Å². The van der Waals surface area contributed by atoms with Gasteiger partial charge < -0.3 is 19.8 Å². The Balaban J connectivity index is 2.25. The Morgan fingerprint density at radius 2 is 1.70 bits per heavy atom. The largest absolute Gasteiger partial charge is 0.480 e. The van der Waals surface area contributed by atoms with Crippen LogP contribution in [0.25, 0.3) is 0 Å². The van der Waals surface area contributed by atoms with Crippen LogP contribution in [0, 0.1) is 20.8 Å². The number of carboxylic acids is 1. The molecule has 0 aromatic heterocycles. The quantitative estimate of drug-likeness (QED) is 0.609. The highest BCUT2D eigenvalue weighted by Crippen LogP contribution is 2.32. The summed E-state index contributed by atoms with van der Waals surface area (Å²) in [5, 5.41) is 8.94. The number of nitrogens with two attached hydrogens (primary N) is 1. The van der Waals surface area contributed by atoms with Crippen LogP contribution in [-0.2, 0) is 21.6 Å². The molecule has 0 aliphatic rings. The van der Waals surface area contributed by atoms with E-state index < -0.39 is 22.4 Å². The van der Waals surface area contributed by atoms with Gasteiger partial charge in [0.1, 0.15) is 23.3 Å². The Bertz CT molecular complexity index is 947. The average Bonchev–Trinajstić information content (AvgIpc) is 2.52. The van der Waals surface area contributed by atoms with Crippen molar-refractivity contribution in [2.45, 2.75) is 33.2 Å². The van der Waals surface area contributed by atoms with E-state index in [1.165, 1.54) is 12.1 Å². The highest BCUT2D eigenvalue weighted by molar-refractivity contribution is 7.81. The number of carbonyl (C=O) groups is 1. The van der Waals surface area contributed by atoms with Gasteiger partial charge in [-0.15, -0.1) is 0 Å². The SMILES string of the molecule is Cc1cc(Oc2c(C)cc(CC(N)C(=O)O)cc2C)ccc1OS(=O)(=O)O. The summed E-state index contributed by atoms with van der Waals surface area (Å²) in [6.45, 7) is 5.28. The second-order valence-electron chi connectivity index (χ2n) is 6.25. The van der Waals surface area contributed by atoms with Gasteiger partial charge in [0.05, 0.1) is 0 Å². The van der Waals surface area contributed by atoms with Crippen molar-refractivity contribution in [3.05, 3.63) is 52.6 Å². The first-order valence-electron chi connectivity index (χ1n) is 8.00. The number of aliphatic carboxylic acids is 1. The molecule has 0 radical (unpaired) electrons. The normalized spacial score (nSPS) is 12.5. The van der Waals surface area contributed by atoms with Crippen LogP contribution in [0.15, 0.2) is 30.3 Å². The van der Waals surface area contributed by atoms with Crippen LogP contribution < -0.4 is 14.7 Å². The minimum atomic E-state index is -4.60. The third-order valence-electron chi connectivity index (χ3n) is 3.85. The van der Waals surface area contributed by atoms with Crippen LogP contribution in [0.1, 0.15) is 22.3 Å². The van der Waals surface area contributed by atoms with E-state index in [-0.39, 0.29) is 12.2 Å². The van der Waals surface area contributed by atoms with Crippen LogP contribution in [0.4, 0.5) is 0 Å². The summed E-state index contributed by atoms with van der Waals surface area (Å²) in [5.41, 5.74) is 8.44. The molecule has 1 unspecified atom stereocenters. The van der Waals surface area contributed by atoms with E-state index >= 15 is 0 Å². The molecule has 4 N–H and O–H groups in total. The molecule has 0 spiro atoms. The minimum absolute atomic E-state index is 0.00343. The van der Waals surface area contributed by atoms with Crippen LogP contribution in [0.5, 0.6) is 17.2 Å². The summed E-state index contributed by atoms with van der Waals surface area (Å²) in [7, 11) is -4.60. The van der Waals surface area contributed by atoms with E-state index in [0.717, 1.165) is 16.7 Å². The molecule has 0 aliphatic heterocycles. The van der Waals surface area contributed by atoms with Gasteiger partial charge in [0.2, 0.25) is 0 Å². The lowest BCUT2D eigenvalue weighted by molar-refractivity contribution is -0.138. The fourth-order valence-corrected chi connectivity index (χ4v) is 3.08. The molecular formula is C18H21NO7S. The Kier molecular flexibility index (Phi) is 6.09. The van der Waals surface area contributed by atoms with Crippen LogP contribution in [-0.4, -0.2) is 30.1 Å². The zero-order valence-electron chi connectivity index (χ0n) is 15.1. The van der Waals surface area contributed by atoms with Crippen LogP contribution >= 0.6 is 0 Å². The lowest BCUT2D eigenvalue weighted by atomic mass is 10.0. The molecule has 0 fully saturated rings. The molecule has 1 atom stereocenters. The van der Waals surface area contributed by atoms with Gasteiger partial charge in [-0.05, 0) is 67.6 Å². The van der Waals surface area contributed by atoms with E-state index in [2.05, 4.69) is 4.18 Å². The predicted molar refractivity (Wildman–Crippen MR) is 98.7 cm³/mol. The molecule has 8 nitrogen and oxygen atoms in total. The zero-order chi connectivity index (χ0) is 20.4. The summed E-state index contributed by atoms with van der Waals surface area (Å²) in [6.07, 6.45) is 0.206. The molecule has 2 aromatic carbocycles. The smallest absolute Gasteiger partial charge is 0.446 e. The average molecular weight is 395 g/mol. The van der Waals surface area contributed by atoms with E-state index in [9.17, 15) is 13.2 Å². The van der Waals surface area contributed by atoms with E-state index in [1.54, 1.807) is 13.0 Å². The first-order chi connectivity index (χ1) is 12.5. The molecule has 0 bridgehead atoms. The first kappa shape index (κ1) is 20.7. The highest BCUT2D eigenvalue weighted by Gasteiger charge is 2.15. The molecule has 9 heteroatoms. The van der Waals surface area contributed by atoms with E-state index in [1.807, 2.05) is 26.0 Å². The number of hydrogen-bond donors (Lipinski definition) is 3. The van der Waals surface area contributed by atoms with Gasteiger partial charge in [0.15, 0.2) is 0 Å². The summed E-state index contributed by atoms with van der Waals surface area (Å²) in [6, 6.07) is 7.12. The monoisotopic (exact) mass is 395 g/mol. The highest BCUT2D eigenvalue weighted by atomic mass is 32.3. The van der Waals surface area contributed by atoms with Crippen molar-refractivity contribution < 1.29 is 31.8 Å². The molecule has 0 heterocycles. The van der Waals surface area contributed by atoms with E-state index in [4.69, 9.17) is 20.1 Å². The summed E-state index contributed by atoms with van der Waals surface area (Å²) >= 11 is 0. The molecule has 0 aliphatic carbocycles. The Morgan fingerprint density at radius 3 is 2.19 bits per heavy atom. The molecular weight excluding hydrogens is 374 g/mol. The number of rotatable bonds is 7. The van der Waals surface area contributed by atoms with Crippen molar-refractivity contribution in [1.82, 2.24) is 0 Å². The summed E-state index contributed by atoms with van der Waals surface area (Å²) in [4.78, 5) is 10.9. The molecule has 2 aromatic rings. The van der Waals surface area contributed by atoms with Crippen LogP contribution in [0.3, 0.4) is 0 Å². The molecule has 0 saturated carbocycles. The van der Waals surface area contributed by atoms with Crippen molar-refractivity contribution in [3.63, 3.8) is 0 Å². The standard InChI is InChI=1S/C18H21NO7S/c1-10-8-14(4-5-16(10)26-27(22,23)24)25-17-11(2)6-13(7-12(17)3)9-15(19)18(20)21/h4-8,15H,9,19H2,1-3H3,(H,20,21)(H,22,23,24). The van der Waals surface area contributed by atoms with Gasteiger partial charge in [0.25, 0.3) is 0 Å². The van der Waals surface area contributed by atoms with Crippen molar-refractivity contribution >= 4 is 16.4 Å². The Morgan fingerprint density at radius 1 is 1.11 bits per heavy atom. The van der Waals surface area contributed by atoms with Crippen molar-refractivity contribution in [2.24, 2.45) is 5.73 Å². The molecule has 0 saturated heterocycles. The van der Waals surface area contributed by atoms with Crippen molar-refractivity contribution in [2.75, 3.05) is 0 Å². The van der Waals surface area contributed by atoms with Crippen LogP contribution in [0.2, 0.25) is 0 Å². The van der Waals surface area contributed by atoms with Crippen molar-refractivity contribution in [3.8, 4) is 17.2 Å². The number of ether oxygens (including phenoxy) is 1. The van der Waals surface area contributed by atoms with Gasteiger partial charge >= 0.3 is 16.4 Å². The Hall–Kier alpha value is -2.62. The second kappa shape index (κ2) is 7.95. The fraction of sp³-hybridized carbons (Fsp3) is 0.278. The van der Waals surface area contributed by atoms with Gasteiger partial charge in [-0.2, -0.15) is 8.42 Å². The lowest BCUT2D eigenvalue weighted by Crippen LogP contribution is -2.32. The molecule has 0 amide bonds. The lowest BCUT2D eigenvalue weighted by Gasteiger charge is -2.16. The third kappa shape index (κ3) is 5.68. The number of hydrogen-bond acceptors (Lipinski definition) is 6. The third-order valence-corrected chi connectivity index (χ3v) is 4.24. The maximum absolute atomic E-state index is 10.9. The second-order valence-corrected chi connectivity index (χ2v) is 7.27. The molecule has 2 rings (SSSR count). The first-order valence-corrected chi connectivity index (χ1v) is 9.36. The fourth-order valence-electron chi connectivity index (χ4n) is 2.67. The Labute approximate surface area is 157 Å². The summed E-state index contributed by atoms with van der Waals surface area (Å²) < 4.78 is 40.8. The zero-order valence-corrected chi connectivity index (χ0v) is 15.9. The number of aryl methyl sites for hydroxylation is 3. The molecule has 27 heavy (non-hydrogen) atoms. The van der Waals surface area contributed by atoms with Gasteiger partial charge in [0, 0.05) is 0 Å². The topological polar surface area (TPSA) is 136 Å². The molecule has 146 valence electrons. The maximum Gasteiger partial charge on any atom is 0.446 e. The number of benzene rings is 2. The number of carboxylic acid groups (broad SMARTS) is 1. The predicted octanol–water partition coefficient (Wildman–Crippen LogP) is 2.54. The van der Waals surface area contributed by atoms with Gasteiger partial charge in [-0.1, -0.05) is 12.1 Å². The van der Waals surface area contributed by atoms with Gasteiger partial charge in [-0.3, -0.25) is 9.35 Å². The maximum atomic E-state index is 10.9. The van der Waals surface area contributed by atoms with Crippen molar-refractivity contribution in [1.29, 1.82) is 0 Å². The minimum Gasteiger partial charge on any atom is -0.480 e. The summed E-state index contributed by atoms with van der Waals surface area (Å²) in [5.74, 6) is -0.00789.